The number of para-hydroxylation sites is 1. The van der Waals surface area contributed by atoms with Crippen LogP contribution in [0.4, 0.5) is 4.39 Å². The Morgan fingerprint density at radius 3 is 2.67 bits per heavy atom. The van der Waals surface area contributed by atoms with E-state index in [1.165, 1.54) is 24.3 Å². The third-order valence-corrected chi connectivity index (χ3v) is 2.80. The first-order valence-electron chi connectivity index (χ1n) is 4.88. The minimum absolute atomic E-state index is 0.241. The number of halogens is 1. The average molecular weight is 274 g/mol. The van der Waals surface area contributed by atoms with Gasteiger partial charge in [0.25, 0.3) is 10.1 Å². The van der Waals surface area contributed by atoms with Crippen LogP contribution in [0.3, 0.4) is 0 Å². The zero-order valence-corrected chi connectivity index (χ0v) is 10.2. The summed E-state index contributed by atoms with van der Waals surface area (Å²) in [6.07, 6.45) is 1.22. The maximum Gasteiger partial charge on any atom is 0.329 e. The summed E-state index contributed by atoms with van der Waals surface area (Å²) >= 11 is 0. The molecule has 0 aromatic heterocycles. The van der Waals surface area contributed by atoms with Gasteiger partial charge >= 0.3 is 5.97 Å². The average Bonchev–Trinajstić information content (AvgIpc) is 2.29. The molecule has 0 saturated heterocycles. The molecule has 1 aromatic rings. The number of rotatable bonds is 6. The van der Waals surface area contributed by atoms with Crippen LogP contribution in [-0.4, -0.2) is 26.7 Å². The molecule has 5 nitrogen and oxygen atoms in total. The van der Waals surface area contributed by atoms with Crippen LogP contribution in [0.2, 0.25) is 0 Å². The molecule has 0 fully saturated rings. The molecule has 0 radical (unpaired) electrons. The Balaban J connectivity index is 2.62. The highest BCUT2D eigenvalue weighted by Crippen LogP contribution is 2.15. The summed E-state index contributed by atoms with van der Waals surface area (Å²) in [5.41, 5.74) is 0. The minimum atomic E-state index is -4.04. The fourth-order valence-electron chi connectivity index (χ4n) is 1.02. The van der Waals surface area contributed by atoms with E-state index >= 15 is 0 Å². The number of esters is 1. The Labute approximate surface area is 104 Å². The number of ether oxygens (including phenoxy) is 1. The van der Waals surface area contributed by atoms with E-state index in [0.717, 1.165) is 6.07 Å². The summed E-state index contributed by atoms with van der Waals surface area (Å²) < 4.78 is 44.5. The largest absolute Gasteiger partial charge is 0.423 e. The van der Waals surface area contributed by atoms with Crippen molar-refractivity contribution in [2.45, 2.75) is 0 Å². The smallest absolute Gasteiger partial charge is 0.329 e. The molecule has 0 atom stereocenters. The molecule has 18 heavy (non-hydrogen) atoms. The standard InChI is InChI=1S/C11H11FO5S/c1-2-7-16-18(14,15)8-11(13)17-10-6-4-3-5-9(10)12/h2-6H,1,7-8H2. The Morgan fingerprint density at radius 2 is 2.06 bits per heavy atom. The van der Waals surface area contributed by atoms with Gasteiger partial charge in [-0.05, 0) is 12.1 Å². The van der Waals surface area contributed by atoms with Crippen molar-refractivity contribution < 1.29 is 26.5 Å². The number of hydrogen-bond acceptors (Lipinski definition) is 5. The van der Waals surface area contributed by atoms with E-state index in [0.29, 0.717) is 0 Å². The minimum Gasteiger partial charge on any atom is -0.423 e. The van der Waals surface area contributed by atoms with Gasteiger partial charge in [0.1, 0.15) is 0 Å². The monoisotopic (exact) mass is 274 g/mol. The van der Waals surface area contributed by atoms with Crippen LogP contribution in [0.15, 0.2) is 36.9 Å². The van der Waals surface area contributed by atoms with E-state index < -0.39 is 27.7 Å². The van der Waals surface area contributed by atoms with Crippen LogP contribution in [0.25, 0.3) is 0 Å². The first kappa shape index (κ1) is 14.3. The second-order valence-corrected chi connectivity index (χ2v) is 4.82. The van der Waals surface area contributed by atoms with E-state index in [-0.39, 0.29) is 12.4 Å². The van der Waals surface area contributed by atoms with E-state index in [1.807, 2.05) is 0 Å². The predicted octanol–water partition coefficient (Wildman–Crippen LogP) is 1.26. The molecule has 0 heterocycles. The van der Waals surface area contributed by atoms with E-state index in [4.69, 9.17) is 0 Å². The third-order valence-electron chi connectivity index (χ3n) is 1.72. The summed E-state index contributed by atoms with van der Waals surface area (Å²) in [5, 5.41) is 0. The van der Waals surface area contributed by atoms with Crippen molar-refractivity contribution in [3.05, 3.63) is 42.7 Å². The van der Waals surface area contributed by atoms with Gasteiger partial charge in [-0.25, -0.2) is 4.39 Å². The van der Waals surface area contributed by atoms with Crippen molar-refractivity contribution in [3.8, 4) is 5.75 Å². The summed E-state index contributed by atoms with van der Waals surface area (Å²) in [6.45, 7) is 3.03. The molecule has 0 amide bonds. The molecule has 0 aliphatic carbocycles. The molecule has 0 aliphatic rings. The number of benzene rings is 1. The Hall–Kier alpha value is -1.73. The fourth-order valence-corrected chi connectivity index (χ4v) is 1.75. The van der Waals surface area contributed by atoms with E-state index in [1.54, 1.807) is 0 Å². The van der Waals surface area contributed by atoms with Crippen molar-refractivity contribution in [2.24, 2.45) is 0 Å². The van der Waals surface area contributed by atoms with Crippen LogP contribution in [0.5, 0.6) is 5.75 Å². The normalized spacial score (nSPS) is 10.9. The van der Waals surface area contributed by atoms with Crippen molar-refractivity contribution in [1.82, 2.24) is 0 Å². The maximum absolute atomic E-state index is 13.1. The summed E-state index contributed by atoms with van der Waals surface area (Å²) in [7, 11) is -4.04. The Morgan fingerprint density at radius 1 is 1.39 bits per heavy atom. The topological polar surface area (TPSA) is 69.7 Å². The van der Waals surface area contributed by atoms with Gasteiger partial charge < -0.3 is 4.74 Å². The predicted molar refractivity (Wildman–Crippen MR) is 62.0 cm³/mol. The van der Waals surface area contributed by atoms with Crippen LogP contribution >= 0.6 is 0 Å². The van der Waals surface area contributed by atoms with Crippen molar-refractivity contribution in [3.63, 3.8) is 0 Å². The molecular weight excluding hydrogens is 263 g/mol. The zero-order valence-electron chi connectivity index (χ0n) is 9.34. The van der Waals surface area contributed by atoms with Crippen molar-refractivity contribution >= 4 is 16.1 Å². The summed E-state index contributed by atoms with van der Waals surface area (Å²) in [4.78, 5) is 11.3. The maximum atomic E-state index is 13.1. The number of carbonyl (C=O) groups excluding carboxylic acids is 1. The molecular formula is C11H11FO5S. The first-order valence-corrected chi connectivity index (χ1v) is 6.45. The quantitative estimate of drug-likeness (QED) is 0.338. The van der Waals surface area contributed by atoms with Crippen molar-refractivity contribution in [1.29, 1.82) is 0 Å². The van der Waals surface area contributed by atoms with Gasteiger partial charge in [0.15, 0.2) is 17.3 Å². The van der Waals surface area contributed by atoms with Crippen LogP contribution in [0, 0.1) is 5.82 Å². The highest BCUT2D eigenvalue weighted by molar-refractivity contribution is 7.87. The highest BCUT2D eigenvalue weighted by Gasteiger charge is 2.19. The van der Waals surface area contributed by atoms with Crippen molar-refractivity contribution in [2.75, 3.05) is 12.4 Å². The molecule has 0 bridgehead atoms. The first-order chi connectivity index (χ1) is 8.44. The van der Waals surface area contributed by atoms with Gasteiger partial charge in [0.2, 0.25) is 0 Å². The van der Waals surface area contributed by atoms with Gasteiger partial charge in [-0.1, -0.05) is 18.2 Å². The molecule has 0 saturated carbocycles. The number of hydrogen-bond donors (Lipinski definition) is 0. The molecule has 7 heteroatoms. The Kier molecular flexibility index (Phi) is 4.99. The van der Waals surface area contributed by atoms with Gasteiger partial charge in [0.05, 0.1) is 6.61 Å². The molecule has 0 unspecified atom stereocenters. The van der Waals surface area contributed by atoms with Gasteiger partial charge in [-0.3, -0.25) is 8.98 Å². The van der Waals surface area contributed by atoms with Gasteiger partial charge in [-0.2, -0.15) is 8.42 Å². The Bertz CT molecular complexity index is 538. The molecule has 0 N–H and O–H groups in total. The van der Waals surface area contributed by atoms with Gasteiger partial charge in [0, 0.05) is 0 Å². The van der Waals surface area contributed by atoms with E-state index in [9.17, 15) is 17.6 Å². The van der Waals surface area contributed by atoms with Crippen LogP contribution in [0.1, 0.15) is 0 Å². The lowest BCUT2D eigenvalue weighted by molar-refractivity contribution is -0.131. The second-order valence-electron chi connectivity index (χ2n) is 3.18. The molecule has 0 spiro atoms. The van der Waals surface area contributed by atoms with E-state index in [2.05, 4.69) is 15.5 Å². The zero-order chi connectivity index (χ0) is 13.6. The summed E-state index contributed by atoms with van der Waals surface area (Å²) in [6, 6.07) is 5.17. The lowest BCUT2D eigenvalue weighted by Crippen LogP contribution is -2.23. The van der Waals surface area contributed by atoms with Gasteiger partial charge in [-0.15, -0.1) is 6.58 Å². The molecule has 0 aliphatic heterocycles. The second kappa shape index (κ2) is 6.27. The molecule has 1 aromatic carbocycles. The molecule has 98 valence electrons. The SMILES string of the molecule is C=CCOS(=O)(=O)CC(=O)Oc1ccccc1F. The third kappa shape index (κ3) is 4.64. The highest BCUT2D eigenvalue weighted by atomic mass is 32.2. The lowest BCUT2D eigenvalue weighted by Gasteiger charge is -2.05. The van der Waals surface area contributed by atoms with Crippen LogP contribution < -0.4 is 4.74 Å². The fraction of sp³-hybridized carbons (Fsp3) is 0.182. The van der Waals surface area contributed by atoms with Crippen LogP contribution in [-0.2, 0) is 19.1 Å². The molecule has 1 rings (SSSR count). The summed E-state index contributed by atoms with van der Waals surface area (Å²) in [5.74, 6) is -3.20. The number of carbonyl (C=O) groups is 1. The lowest BCUT2D eigenvalue weighted by atomic mass is 10.3.